The minimum Gasteiger partial charge on any atom is -0.481 e. The average Bonchev–Trinajstić information content (AvgIpc) is 2.58. The second-order valence-corrected chi connectivity index (χ2v) is 3.33. The summed E-state index contributed by atoms with van der Waals surface area (Å²) >= 11 is 0. The Labute approximate surface area is 86.5 Å². The molecule has 2 rings (SSSR count). The zero-order chi connectivity index (χ0) is 10.8. The van der Waals surface area contributed by atoms with Gasteiger partial charge in [-0.3, -0.25) is 4.79 Å². The average molecular weight is 205 g/mol. The zero-order valence-corrected chi connectivity index (χ0v) is 8.36. The number of nitrogens with zero attached hydrogens (tertiary/aromatic N) is 1. The molecule has 15 heavy (non-hydrogen) atoms. The van der Waals surface area contributed by atoms with Gasteiger partial charge in [-0.1, -0.05) is 13.0 Å². The molecule has 0 bridgehead atoms. The maximum absolute atomic E-state index is 10.5. The first-order chi connectivity index (χ1) is 7.19. The molecule has 0 fully saturated rings. The monoisotopic (exact) mass is 205 g/mol. The molecule has 0 amide bonds. The molecule has 0 spiro atoms. The van der Waals surface area contributed by atoms with Gasteiger partial charge in [-0.25, -0.2) is 4.98 Å². The van der Waals surface area contributed by atoms with Crippen molar-refractivity contribution < 1.29 is 14.3 Å². The number of hydrogen-bond acceptors (Lipinski definition) is 3. The molecule has 0 saturated heterocycles. The number of benzene rings is 1. The third kappa shape index (κ3) is 1.98. The number of aliphatic carboxylic acids is 1. The first kappa shape index (κ1) is 9.71. The molecule has 0 radical (unpaired) electrons. The SMILES string of the molecule is CCc1nc2ccc(CC(=O)O)cc2o1. The van der Waals surface area contributed by atoms with Crippen LogP contribution >= 0.6 is 0 Å². The van der Waals surface area contributed by atoms with Crippen molar-refractivity contribution in [3.8, 4) is 0 Å². The third-order valence-corrected chi connectivity index (χ3v) is 2.15. The third-order valence-electron chi connectivity index (χ3n) is 2.15. The number of aromatic nitrogens is 1. The zero-order valence-electron chi connectivity index (χ0n) is 8.36. The minimum atomic E-state index is -0.843. The van der Waals surface area contributed by atoms with E-state index in [1.807, 2.05) is 6.92 Å². The van der Waals surface area contributed by atoms with Crippen LogP contribution in [0.1, 0.15) is 18.4 Å². The number of carboxylic acid groups (broad SMARTS) is 1. The van der Waals surface area contributed by atoms with Crippen molar-refractivity contribution in [2.75, 3.05) is 0 Å². The maximum Gasteiger partial charge on any atom is 0.307 e. The molecule has 0 aliphatic rings. The van der Waals surface area contributed by atoms with Gasteiger partial charge in [0.15, 0.2) is 11.5 Å². The summed E-state index contributed by atoms with van der Waals surface area (Å²) in [5.41, 5.74) is 2.17. The molecule has 0 atom stereocenters. The largest absolute Gasteiger partial charge is 0.481 e. The lowest BCUT2D eigenvalue weighted by Gasteiger charge is -1.94. The molecule has 1 heterocycles. The van der Waals surface area contributed by atoms with E-state index in [1.165, 1.54) is 0 Å². The number of carboxylic acids is 1. The lowest BCUT2D eigenvalue weighted by Crippen LogP contribution is -1.99. The van der Waals surface area contributed by atoms with Crippen LogP contribution in [0.15, 0.2) is 22.6 Å². The first-order valence-corrected chi connectivity index (χ1v) is 4.79. The fourth-order valence-corrected chi connectivity index (χ4v) is 1.45. The fourth-order valence-electron chi connectivity index (χ4n) is 1.45. The van der Waals surface area contributed by atoms with E-state index in [1.54, 1.807) is 18.2 Å². The minimum absolute atomic E-state index is 0.0120. The summed E-state index contributed by atoms with van der Waals surface area (Å²) in [5, 5.41) is 8.64. The summed E-state index contributed by atoms with van der Waals surface area (Å²) in [5.74, 6) is -0.165. The van der Waals surface area contributed by atoms with Crippen molar-refractivity contribution in [1.82, 2.24) is 4.98 Å². The van der Waals surface area contributed by atoms with Crippen LogP contribution in [0.2, 0.25) is 0 Å². The Morgan fingerprint density at radius 1 is 1.53 bits per heavy atom. The second kappa shape index (κ2) is 3.73. The van der Waals surface area contributed by atoms with Crippen LogP contribution in [0, 0.1) is 0 Å². The quantitative estimate of drug-likeness (QED) is 0.832. The summed E-state index contributed by atoms with van der Waals surface area (Å²) in [6.45, 7) is 1.96. The highest BCUT2D eigenvalue weighted by Gasteiger charge is 2.06. The van der Waals surface area contributed by atoms with Crippen LogP contribution in [0.3, 0.4) is 0 Å². The summed E-state index contributed by atoms with van der Waals surface area (Å²) < 4.78 is 5.44. The molecular formula is C11H11NO3. The van der Waals surface area contributed by atoms with Crippen molar-refractivity contribution in [2.45, 2.75) is 19.8 Å². The van der Waals surface area contributed by atoms with Crippen LogP contribution in [0.4, 0.5) is 0 Å². The molecule has 1 aromatic carbocycles. The molecule has 0 unspecified atom stereocenters. The Balaban J connectivity index is 2.41. The molecule has 2 aromatic rings. The smallest absolute Gasteiger partial charge is 0.307 e. The van der Waals surface area contributed by atoms with Gasteiger partial charge in [0.1, 0.15) is 5.52 Å². The van der Waals surface area contributed by atoms with E-state index >= 15 is 0 Å². The van der Waals surface area contributed by atoms with Crippen molar-refractivity contribution in [2.24, 2.45) is 0 Å². The lowest BCUT2D eigenvalue weighted by atomic mass is 10.1. The van der Waals surface area contributed by atoms with Gasteiger partial charge >= 0.3 is 5.97 Å². The normalized spacial score (nSPS) is 10.7. The Bertz CT molecular complexity index is 502. The Hall–Kier alpha value is -1.84. The maximum atomic E-state index is 10.5. The van der Waals surface area contributed by atoms with Gasteiger partial charge in [-0.15, -0.1) is 0 Å². The van der Waals surface area contributed by atoms with Crippen molar-refractivity contribution in [1.29, 1.82) is 0 Å². The van der Waals surface area contributed by atoms with Crippen LogP contribution in [-0.4, -0.2) is 16.1 Å². The highest BCUT2D eigenvalue weighted by Crippen LogP contribution is 2.17. The molecule has 1 aromatic heterocycles. The molecule has 0 aliphatic carbocycles. The fraction of sp³-hybridized carbons (Fsp3) is 0.273. The Morgan fingerprint density at radius 3 is 3.00 bits per heavy atom. The highest BCUT2D eigenvalue weighted by atomic mass is 16.4. The number of hydrogen-bond donors (Lipinski definition) is 1. The van der Waals surface area contributed by atoms with Gasteiger partial charge in [-0.05, 0) is 17.7 Å². The number of oxazole rings is 1. The highest BCUT2D eigenvalue weighted by molar-refractivity contribution is 5.76. The van der Waals surface area contributed by atoms with Gasteiger partial charge < -0.3 is 9.52 Å². The predicted molar refractivity (Wildman–Crippen MR) is 54.7 cm³/mol. The number of carbonyl (C=O) groups is 1. The number of rotatable bonds is 3. The first-order valence-electron chi connectivity index (χ1n) is 4.79. The lowest BCUT2D eigenvalue weighted by molar-refractivity contribution is -0.136. The number of fused-ring (bicyclic) bond motifs is 1. The van der Waals surface area contributed by atoms with E-state index in [0.717, 1.165) is 17.5 Å². The van der Waals surface area contributed by atoms with Crippen molar-refractivity contribution in [3.63, 3.8) is 0 Å². The summed E-state index contributed by atoms with van der Waals surface area (Å²) in [6.07, 6.45) is 0.751. The van der Waals surface area contributed by atoms with Crippen LogP contribution in [-0.2, 0) is 17.6 Å². The molecule has 0 aliphatic heterocycles. The van der Waals surface area contributed by atoms with Gasteiger partial charge in [0, 0.05) is 6.42 Å². The Morgan fingerprint density at radius 2 is 2.33 bits per heavy atom. The van der Waals surface area contributed by atoms with E-state index < -0.39 is 5.97 Å². The predicted octanol–water partition coefficient (Wildman–Crippen LogP) is 2.02. The molecule has 0 saturated carbocycles. The summed E-state index contributed by atoms with van der Waals surface area (Å²) in [4.78, 5) is 14.8. The van der Waals surface area contributed by atoms with E-state index in [0.29, 0.717) is 11.5 Å². The molecule has 78 valence electrons. The molecular weight excluding hydrogens is 194 g/mol. The van der Waals surface area contributed by atoms with Gasteiger partial charge in [0.05, 0.1) is 6.42 Å². The summed E-state index contributed by atoms with van der Waals surface area (Å²) in [7, 11) is 0. The molecule has 4 nitrogen and oxygen atoms in total. The van der Waals surface area contributed by atoms with E-state index in [4.69, 9.17) is 9.52 Å². The molecule has 1 N–H and O–H groups in total. The van der Waals surface area contributed by atoms with E-state index in [9.17, 15) is 4.79 Å². The number of aryl methyl sites for hydroxylation is 1. The van der Waals surface area contributed by atoms with Crippen LogP contribution in [0.5, 0.6) is 0 Å². The van der Waals surface area contributed by atoms with Gasteiger partial charge in [-0.2, -0.15) is 0 Å². The topological polar surface area (TPSA) is 63.3 Å². The van der Waals surface area contributed by atoms with Crippen LogP contribution in [0.25, 0.3) is 11.1 Å². The van der Waals surface area contributed by atoms with E-state index in [2.05, 4.69) is 4.98 Å². The molecule has 4 heteroatoms. The van der Waals surface area contributed by atoms with E-state index in [-0.39, 0.29) is 6.42 Å². The van der Waals surface area contributed by atoms with Crippen LogP contribution < -0.4 is 0 Å². The Kier molecular flexibility index (Phi) is 2.41. The summed E-state index contributed by atoms with van der Waals surface area (Å²) in [6, 6.07) is 5.28. The second-order valence-electron chi connectivity index (χ2n) is 3.33. The van der Waals surface area contributed by atoms with Crippen molar-refractivity contribution >= 4 is 17.1 Å². The standard InChI is InChI=1S/C11H11NO3/c1-2-10-12-8-4-3-7(6-11(13)14)5-9(8)15-10/h3-5H,2,6H2,1H3,(H,13,14). The van der Waals surface area contributed by atoms with Gasteiger partial charge in [0.2, 0.25) is 0 Å². The van der Waals surface area contributed by atoms with Gasteiger partial charge in [0.25, 0.3) is 0 Å². The van der Waals surface area contributed by atoms with Crippen molar-refractivity contribution in [3.05, 3.63) is 29.7 Å².